The zero-order chi connectivity index (χ0) is 12.3. The normalized spacial score (nSPS) is 29.2. The van der Waals surface area contributed by atoms with Crippen LogP contribution in [-0.2, 0) is 4.79 Å². The van der Waals surface area contributed by atoms with Crippen LogP contribution in [0.25, 0.3) is 0 Å². The molecule has 2 saturated heterocycles. The van der Waals surface area contributed by atoms with Gasteiger partial charge >= 0.3 is 0 Å². The number of fused-ring (bicyclic) bond motifs is 1. The molecule has 2 aliphatic rings. The first kappa shape index (κ1) is 15.7. The van der Waals surface area contributed by atoms with Crippen LogP contribution in [0.4, 0.5) is 0 Å². The summed E-state index contributed by atoms with van der Waals surface area (Å²) in [5.41, 5.74) is 0. The number of amides is 1. The Morgan fingerprint density at radius 1 is 1.50 bits per heavy atom. The van der Waals surface area contributed by atoms with Crippen molar-refractivity contribution in [3.63, 3.8) is 0 Å². The maximum Gasteiger partial charge on any atom is 0.237 e. The van der Waals surface area contributed by atoms with Gasteiger partial charge in [-0.25, -0.2) is 0 Å². The van der Waals surface area contributed by atoms with Crippen molar-refractivity contribution in [1.82, 2.24) is 15.5 Å². The third-order valence-electron chi connectivity index (χ3n) is 4.16. The number of hydrogen-bond acceptors (Lipinski definition) is 3. The second-order valence-electron chi connectivity index (χ2n) is 5.36. The number of hydrogen-bond donors (Lipinski definition) is 2. The summed E-state index contributed by atoms with van der Waals surface area (Å²) >= 11 is 0. The topological polar surface area (TPSA) is 44.4 Å². The van der Waals surface area contributed by atoms with Gasteiger partial charge in [-0.2, -0.15) is 0 Å². The highest BCUT2D eigenvalue weighted by molar-refractivity contribution is 5.85. The van der Waals surface area contributed by atoms with Crippen molar-refractivity contribution in [2.24, 2.45) is 5.92 Å². The largest absolute Gasteiger partial charge is 0.355 e. The molecule has 3 unspecified atom stereocenters. The maximum atomic E-state index is 11.9. The summed E-state index contributed by atoms with van der Waals surface area (Å²) < 4.78 is 0. The minimum Gasteiger partial charge on any atom is -0.355 e. The van der Waals surface area contributed by atoms with Crippen molar-refractivity contribution in [3.05, 3.63) is 0 Å². The van der Waals surface area contributed by atoms with Crippen LogP contribution in [0.5, 0.6) is 0 Å². The van der Waals surface area contributed by atoms with E-state index >= 15 is 0 Å². The van der Waals surface area contributed by atoms with Crippen LogP contribution in [0, 0.1) is 5.92 Å². The third kappa shape index (κ3) is 3.59. The first-order valence-electron chi connectivity index (χ1n) is 6.97. The molecule has 2 fully saturated rings. The molecule has 4 nitrogen and oxygen atoms in total. The third-order valence-corrected chi connectivity index (χ3v) is 4.16. The van der Waals surface area contributed by atoms with Crippen molar-refractivity contribution in [2.75, 3.05) is 26.2 Å². The van der Waals surface area contributed by atoms with Crippen molar-refractivity contribution < 1.29 is 4.79 Å². The highest BCUT2D eigenvalue weighted by atomic mass is 35.5. The van der Waals surface area contributed by atoms with Gasteiger partial charge in [0, 0.05) is 25.7 Å². The van der Waals surface area contributed by atoms with Crippen molar-refractivity contribution in [1.29, 1.82) is 0 Å². The Hall–Kier alpha value is -0.320. The SMILES string of the molecule is CCCNC(=O)C(C)N1CCC2NCCC2C1.Cl. The molecule has 18 heavy (non-hydrogen) atoms. The van der Waals surface area contributed by atoms with Gasteiger partial charge < -0.3 is 10.6 Å². The molecule has 5 heteroatoms. The van der Waals surface area contributed by atoms with Gasteiger partial charge in [-0.3, -0.25) is 9.69 Å². The molecule has 1 amide bonds. The number of nitrogens with one attached hydrogen (secondary N) is 2. The van der Waals surface area contributed by atoms with Gasteiger partial charge in [-0.05, 0) is 38.6 Å². The number of carbonyl (C=O) groups excluding carboxylic acids is 1. The fourth-order valence-corrected chi connectivity index (χ4v) is 2.99. The first-order valence-corrected chi connectivity index (χ1v) is 6.97. The maximum absolute atomic E-state index is 11.9. The van der Waals surface area contributed by atoms with Crippen molar-refractivity contribution in [2.45, 2.75) is 45.2 Å². The van der Waals surface area contributed by atoms with Crippen LogP contribution >= 0.6 is 12.4 Å². The van der Waals surface area contributed by atoms with E-state index in [0.717, 1.165) is 38.5 Å². The Labute approximate surface area is 116 Å². The van der Waals surface area contributed by atoms with Crippen LogP contribution in [0.2, 0.25) is 0 Å². The molecule has 0 aromatic heterocycles. The molecule has 2 N–H and O–H groups in total. The van der Waals surface area contributed by atoms with E-state index < -0.39 is 0 Å². The molecule has 106 valence electrons. The molecule has 0 aromatic carbocycles. The smallest absolute Gasteiger partial charge is 0.237 e. The lowest BCUT2D eigenvalue weighted by Crippen LogP contribution is -2.52. The second-order valence-corrected chi connectivity index (χ2v) is 5.36. The van der Waals surface area contributed by atoms with E-state index in [1.165, 1.54) is 12.8 Å². The number of halogens is 1. The predicted octanol–water partition coefficient (Wildman–Crippen LogP) is 1.01. The zero-order valence-corrected chi connectivity index (χ0v) is 12.3. The lowest BCUT2D eigenvalue weighted by molar-refractivity contribution is -0.126. The standard InChI is InChI=1S/C13H25N3O.ClH/c1-3-6-15-13(17)10(2)16-8-5-12-11(9-16)4-7-14-12;/h10-12,14H,3-9H2,1-2H3,(H,15,17);1H. The highest BCUT2D eigenvalue weighted by Crippen LogP contribution is 2.25. The Kier molecular flexibility index (Phi) is 6.39. The number of nitrogens with zero attached hydrogens (tertiary/aromatic N) is 1. The summed E-state index contributed by atoms with van der Waals surface area (Å²) in [7, 11) is 0. The summed E-state index contributed by atoms with van der Waals surface area (Å²) in [5, 5.41) is 6.55. The Morgan fingerprint density at radius 3 is 3.00 bits per heavy atom. The first-order chi connectivity index (χ1) is 8.22. The molecule has 0 aromatic rings. The molecular formula is C13H26ClN3O. The van der Waals surface area contributed by atoms with Gasteiger partial charge in [0.25, 0.3) is 0 Å². The lowest BCUT2D eigenvalue weighted by atomic mass is 9.92. The summed E-state index contributed by atoms with van der Waals surface area (Å²) in [6.07, 6.45) is 3.47. The summed E-state index contributed by atoms with van der Waals surface area (Å²) in [5.74, 6) is 0.946. The van der Waals surface area contributed by atoms with Gasteiger partial charge in [-0.15, -0.1) is 12.4 Å². The van der Waals surface area contributed by atoms with Crippen LogP contribution in [0.3, 0.4) is 0 Å². The highest BCUT2D eigenvalue weighted by Gasteiger charge is 2.35. The molecule has 2 rings (SSSR count). The quantitative estimate of drug-likeness (QED) is 0.805. The van der Waals surface area contributed by atoms with E-state index in [-0.39, 0.29) is 24.4 Å². The van der Waals surface area contributed by atoms with Gasteiger partial charge in [-0.1, -0.05) is 6.92 Å². The summed E-state index contributed by atoms with van der Waals surface area (Å²) in [6, 6.07) is 0.736. The molecule has 0 radical (unpaired) electrons. The summed E-state index contributed by atoms with van der Waals surface area (Å²) in [6.45, 7) is 8.20. The van der Waals surface area contributed by atoms with E-state index in [4.69, 9.17) is 0 Å². The van der Waals surface area contributed by atoms with Crippen molar-refractivity contribution >= 4 is 18.3 Å². The van der Waals surface area contributed by atoms with Crippen LogP contribution in [0.1, 0.15) is 33.1 Å². The van der Waals surface area contributed by atoms with Crippen LogP contribution in [-0.4, -0.2) is 49.1 Å². The average Bonchev–Trinajstić information content (AvgIpc) is 2.81. The number of carbonyl (C=O) groups is 1. The number of likely N-dealkylation sites (tertiary alicyclic amines) is 1. The fourth-order valence-electron chi connectivity index (χ4n) is 2.99. The Morgan fingerprint density at radius 2 is 2.28 bits per heavy atom. The van der Waals surface area contributed by atoms with Crippen LogP contribution in [0.15, 0.2) is 0 Å². The molecule has 0 spiro atoms. The van der Waals surface area contributed by atoms with Gasteiger partial charge in [0.05, 0.1) is 6.04 Å². The fraction of sp³-hybridized carbons (Fsp3) is 0.923. The molecule has 0 saturated carbocycles. The Bertz CT molecular complexity index is 275. The molecule has 2 heterocycles. The van der Waals surface area contributed by atoms with E-state index in [1.54, 1.807) is 0 Å². The van der Waals surface area contributed by atoms with Gasteiger partial charge in [0.15, 0.2) is 0 Å². The number of piperidine rings is 1. The van der Waals surface area contributed by atoms with E-state index in [9.17, 15) is 4.79 Å². The predicted molar refractivity (Wildman–Crippen MR) is 76.1 cm³/mol. The number of rotatable bonds is 4. The van der Waals surface area contributed by atoms with E-state index in [1.807, 2.05) is 6.92 Å². The Balaban J connectivity index is 0.00000162. The molecule has 2 aliphatic heterocycles. The van der Waals surface area contributed by atoms with Crippen molar-refractivity contribution in [3.8, 4) is 0 Å². The zero-order valence-electron chi connectivity index (χ0n) is 11.4. The van der Waals surface area contributed by atoms with Gasteiger partial charge in [0.1, 0.15) is 0 Å². The van der Waals surface area contributed by atoms with E-state index in [2.05, 4.69) is 22.5 Å². The minimum absolute atomic E-state index is 0. The monoisotopic (exact) mass is 275 g/mol. The molecular weight excluding hydrogens is 250 g/mol. The van der Waals surface area contributed by atoms with Crippen LogP contribution < -0.4 is 10.6 Å². The molecule has 3 atom stereocenters. The average molecular weight is 276 g/mol. The molecule has 0 aliphatic carbocycles. The van der Waals surface area contributed by atoms with E-state index in [0.29, 0.717) is 6.04 Å². The summed E-state index contributed by atoms with van der Waals surface area (Å²) in [4.78, 5) is 14.3. The second kappa shape index (κ2) is 7.31. The van der Waals surface area contributed by atoms with Gasteiger partial charge in [0.2, 0.25) is 5.91 Å². The minimum atomic E-state index is 0. The lowest BCUT2D eigenvalue weighted by Gasteiger charge is -2.37. The molecule has 0 bridgehead atoms.